The van der Waals surface area contributed by atoms with E-state index in [2.05, 4.69) is 16.0 Å². The zero-order chi connectivity index (χ0) is 37.0. The van der Waals surface area contributed by atoms with Crippen LogP contribution in [0.3, 0.4) is 0 Å². The maximum Gasteiger partial charge on any atom is 0.341 e. The molecular weight excluding hydrogens is 699 g/mol. The van der Waals surface area contributed by atoms with E-state index in [0.717, 1.165) is 53.9 Å². The normalized spacial score (nSPS) is 13.4. The summed E-state index contributed by atoms with van der Waals surface area (Å²) in [6, 6.07) is 20.9. The quantitative estimate of drug-likeness (QED) is 0.0712. The van der Waals surface area contributed by atoms with Gasteiger partial charge < -0.3 is 30.2 Å². The molecule has 10 nitrogen and oxygen atoms in total. The summed E-state index contributed by atoms with van der Waals surface area (Å²) in [7, 11) is 3.01. The van der Waals surface area contributed by atoms with E-state index in [4.69, 9.17) is 14.2 Å². The van der Waals surface area contributed by atoms with Gasteiger partial charge in [-0.3, -0.25) is 14.4 Å². The van der Waals surface area contributed by atoms with Gasteiger partial charge in [0.15, 0.2) is 11.5 Å². The van der Waals surface area contributed by atoms with Crippen LogP contribution in [-0.2, 0) is 27.2 Å². The van der Waals surface area contributed by atoms with E-state index in [1.807, 2.05) is 6.07 Å². The molecule has 4 aromatic rings. The van der Waals surface area contributed by atoms with Gasteiger partial charge in [0, 0.05) is 26.6 Å². The third-order valence-electron chi connectivity index (χ3n) is 8.42. The second-order valence-electron chi connectivity index (χ2n) is 12.0. The average molecular weight is 742 g/mol. The zero-order valence-electron chi connectivity index (χ0n) is 29.7. The summed E-state index contributed by atoms with van der Waals surface area (Å²) in [6.45, 7) is 3.82. The highest BCUT2D eigenvalue weighted by molar-refractivity contribution is 8.00. The van der Waals surface area contributed by atoms with Crippen LogP contribution < -0.4 is 25.4 Å². The van der Waals surface area contributed by atoms with Crippen molar-refractivity contribution in [2.75, 3.05) is 31.5 Å². The lowest BCUT2D eigenvalue weighted by Gasteiger charge is -2.15. The number of hydrogen-bond acceptors (Lipinski definition) is 9. The summed E-state index contributed by atoms with van der Waals surface area (Å²) in [5, 5.41) is 8.65. The standard InChI is InChI=1S/C40H43N3O7S2/c1-5-50-40(47)34-30-20-11-6-7-12-22-33(30)52-39(34)43-36(44)25(2)51-29-19-14-18-28(24-29)41-38(46)31(42-37(45)26-15-9-8-10-16-26)23-27-17-13-21-32(48-3)35(27)49-4/h8-10,13-19,21,23-25H,5-7,11-12,20,22H2,1-4H3,(H,41,46)(H,42,45)(H,43,44)/b31-23+. The Balaban J connectivity index is 1.33. The van der Waals surface area contributed by atoms with Crippen LogP contribution in [0.2, 0.25) is 0 Å². The Morgan fingerprint density at radius 3 is 2.37 bits per heavy atom. The highest BCUT2D eigenvalue weighted by Crippen LogP contribution is 2.38. The Morgan fingerprint density at radius 2 is 1.63 bits per heavy atom. The van der Waals surface area contributed by atoms with Gasteiger partial charge in [-0.1, -0.05) is 49.2 Å². The molecule has 0 fully saturated rings. The van der Waals surface area contributed by atoms with Crippen molar-refractivity contribution in [3.05, 3.63) is 106 Å². The fourth-order valence-electron chi connectivity index (χ4n) is 5.87. The van der Waals surface area contributed by atoms with E-state index < -0.39 is 23.0 Å². The van der Waals surface area contributed by atoms with E-state index >= 15 is 0 Å². The second kappa shape index (κ2) is 18.4. The number of carbonyl (C=O) groups is 4. The summed E-state index contributed by atoms with van der Waals surface area (Å²) in [6.07, 6.45) is 7.51. The summed E-state index contributed by atoms with van der Waals surface area (Å²) in [5.74, 6) is -0.815. The Bertz CT molecular complexity index is 1940. The largest absolute Gasteiger partial charge is 0.493 e. The average Bonchev–Trinajstić information content (AvgIpc) is 3.46. The van der Waals surface area contributed by atoms with Crippen molar-refractivity contribution in [3.8, 4) is 11.5 Å². The Labute approximate surface area is 312 Å². The Morgan fingerprint density at radius 1 is 0.885 bits per heavy atom. The summed E-state index contributed by atoms with van der Waals surface area (Å²) in [4.78, 5) is 55.4. The van der Waals surface area contributed by atoms with Crippen LogP contribution in [0.15, 0.2) is 83.4 Å². The van der Waals surface area contributed by atoms with Crippen LogP contribution in [0.25, 0.3) is 6.08 Å². The van der Waals surface area contributed by atoms with E-state index in [9.17, 15) is 19.2 Å². The predicted molar refractivity (Wildman–Crippen MR) is 207 cm³/mol. The number of nitrogens with one attached hydrogen (secondary N) is 3. The van der Waals surface area contributed by atoms with Gasteiger partial charge in [-0.2, -0.15) is 0 Å². The van der Waals surface area contributed by atoms with Crippen LogP contribution in [0.4, 0.5) is 10.7 Å². The second-order valence-corrected chi connectivity index (χ2v) is 14.6. The van der Waals surface area contributed by atoms with E-state index in [-0.39, 0.29) is 18.2 Å². The van der Waals surface area contributed by atoms with Gasteiger partial charge in [-0.05, 0) is 87.6 Å². The summed E-state index contributed by atoms with van der Waals surface area (Å²) >= 11 is 2.79. The van der Waals surface area contributed by atoms with Gasteiger partial charge in [0.2, 0.25) is 5.91 Å². The fraction of sp³-hybridized carbons (Fsp3) is 0.300. The maximum atomic E-state index is 13.8. The third-order valence-corrected chi connectivity index (χ3v) is 10.7. The number of thiophene rings is 1. The monoisotopic (exact) mass is 741 g/mol. The molecule has 0 radical (unpaired) electrons. The SMILES string of the molecule is CCOC(=O)c1c(NC(=O)C(C)Sc2cccc(NC(=O)/C(=C\c3cccc(OC)c3OC)NC(=O)c3ccccc3)c2)sc2c1CCCCCC2. The number of para-hydroxylation sites is 1. The highest BCUT2D eigenvalue weighted by Gasteiger charge is 2.27. The molecule has 0 saturated carbocycles. The molecule has 3 amide bonds. The number of rotatable bonds is 13. The van der Waals surface area contributed by atoms with Crippen molar-refractivity contribution in [1.29, 1.82) is 0 Å². The van der Waals surface area contributed by atoms with Gasteiger partial charge in [-0.15, -0.1) is 23.1 Å². The predicted octanol–water partition coefficient (Wildman–Crippen LogP) is 8.13. The molecule has 0 bridgehead atoms. The van der Waals surface area contributed by atoms with Crippen molar-refractivity contribution < 1.29 is 33.4 Å². The van der Waals surface area contributed by atoms with Crippen LogP contribution >= 0.6 is 23.1 Å². The van der Waals surface area contributed by atoms with Crippen molar-refractivity contribution in [2.45, 2.75) is 62.5 Å². The number of anilines is 2. The molecule has 0 aliphatic heterocycles. The molecule has 0 spiro atoms. The molecule has 12 heteroatoms. The minimum Gasteiger partial charge on any atom is -0.493 e. The molecule has 1 atom stereocenters. The first kappa shape index (κ1) is 38.2. The first-order valence-electron chi connectivity index (χ1n) is 17.2. The van der Waals surface area contributed by atoms with Crippen LogP contribution in [-0.4, -0.2) is 49.8 Å². The van der Waals surface area contributed by atoms with E-state index in [0.29, 0.717) is 38.9 Å². The molecule has 52 heavy (non-hydrogen) atoms. The minimum absolute atomic E-state index is 0.0198. The molecule has 1 aliphatic carbocycles. The first-order chi connectivity index (χ1) is 25.2. The highest BCUT2D eigenvalue weighted by atomic mass is 32.2. The van der Waals surface area contributed by atoms with Gasteiger partial charge in [-0.25, -0.2) is 4.79 Å². The molecule has 1 unspecified atom stereocenters. The molecular formula is C40H43N3O7S2. The van der Waals surface area contributed by atoms with E-state index in [1.165, 1.54) is 43.4 Å². The number of benzene rings is 3. The number of carbonyl (C=O) groups excluding carboxylic acids is 4. The van der Waals surface area contributed by atoms with Gasteiger partial charge >= 0.3 is 5.97 Å². The minimum atomic E-state index is -0.568. The Hall–Kier alpha value is -5.07. The number of thioether (sulfide) groups is 1. The fourth-order valence-corrected chi connectivity index (χ4v) is 8.07. The number of hydrogen-bond donors (Lipinski definition) is 3. The molecule has 5 rings (SSSR count). The molecule has 0 saturated heterocycles. The smallest absolute Gasteiger partial charge is 0.341 e. The van der Waals surface area contributed by atoms with Crippen molar-refractivity contribution in [2.24, 2.45) is 0 Å². The van der Waals surface area contributed by atoms with Gasteiger partial charge in [0.05, 0.1) is 31.6 Å². The lowest BCUT2D eigenvalue weighted by atomic mass is 9.96. The molecule has 1 aromatic heterocycles. The van der Waals surface area contributed by atoms with Crippen molar-refractivity contribution in [3.63, 3.8) is 0 Å². The Kier molecular flexibility index (Phi) is 13.5. The third kappa shape index (κ3) is 9.62. The van der Waals surface area contributed by atoms with E-state index in [1.54, 1.807) is 80.6 Å². The van der Waals surface area contributed by atoms with Crippen LogP contribution in [0.5, 0.6) is 11.5 Å². The lowest BCUT2D eigenvalue weighted by molar-refractivity contribution is -0.115. The topological polar surface area (TPSA) is 132 Å². The number of ether oxygens (including phenoxy) is 3. The molecule has 1 heterocycles. The molecule has 272 valence electrons. The van der Waals surface area contributed by atoms with Gasteiger partial charge in [0.25, 0.3) is 11.8 Å². The number of aryl methyl sites for hydroxylation is 1. The van der Waals surface area contributed by atoms with Gasteiger partial charge in [0.1, 0.15) is 10.7 Å². The zero-order valence-corrected chi connectivity index (χ0v) is 31.3. The number of esters is 1. The van der Waals surface area contributed by atoms with Crippen molar-refractivity contribution in [1.82, 2.24) is 5.32 Å². The molecule has 3 aromatic carbocycles. The lowest BCUT2D eigenvalue weighted by Crippen LogP contribution is -2.30. The van der Waals surface area contributed by atoms with Crippen molar-refractivity contribution >= 4 is 63.6 Å². The number of amides is 3. The molecule has 3 N–H and O–H groups in total. The first-order valence-corrected chi connectivity index (χ1v) is 18.9. The van der Waals surface area contributed by atoms with Crippen LogP contribution in [0, 0.1) is 0 Å². The number of methoxy groups -OCH3 is 2. The maximum absolute atomic E-state index is 13.8. The summed E-state index contributed by atoms with van der Waals surface area (Å²) < 4.78 is 16.4. The number of fused-ring (bicyclic) bond motifs is 1. The summed E-state index contributed by atoms with van der Waals surface area (Å²) in [5.41, 5.74) is 2.83. The molecule has 1 aliphatic rings. The van der Waals surface area contributed by atoms with Crippen LogP contribution in [0.1, 0.15) is 76.3 Å².